The van der Waals surface area contributed by atoms with Gasteiger partial charge in [0.15, 0.2) is 0 Å². The summed E-state index contributed by atoms with van der Waals surface area (Å²) in [6.45, 7) is 21.4. The van der Waals surface area contributed by atoms with Gasteiger partial charge in [-0.15, -0.1) is 0 Å². The van der Waals surface area contributed by atoms with Crippen LogP contribution in [0.4, 0.5) is 0 Å². The zero-order chi connectivity index (χ0) is 16.0. The van der Waals surface area contributed by atoms with Crippen LogP contribution in [0.15, 0.2) is 12.2 Å². The molecule has 0 aliphatic carbocycles. The molecule has 0 aromatic carbocycles. The first-order chi connectivity index (χ1) is 9.11. The minimum atomic E-state index is 0.444. The van der Waals surface area contributed by atoms with E-state index < -0.39 is 0 Å². The average Bonchev–Trinajstić information content (AvgIpc) is 2.35. The maximum absolute atomic E-state index is 2.51. The van der Waals surface area contributed by atoms with Gasteiger partial charge in [-0.1, -0.05) is 74.0 Å². The minimum Gasteiger partial charge on any atom is -0.0914 e. The highest BCUT2D eigenvalue weighted by molar-refractivity contribution is 4.94. The Hall–Kier alpha value is -0.260. The molecular weight excluding hydrogens is 240 g/mol. The van der Waals surface area contributed by atoms with E-state index >= 15 is 0 Å². The summed E-state index contributed by atoms with van der Waals surface area (Å²) in [5, 5.41) is 0. The summed E-state index contributed by atoms with van der Waals surface area (Å²) in [5.74, 6) is 2.24. The average molecular weight is 281 g/mol. The van der Waals surface area contributed by atoms with Crippen LogP contribution in [0.25, 0.3) is 0 Å². The molecule has 0 amide bonds. The third-order valence-corrected chi connectivity index (χ3v) is 5.92. The highest BCUT2D eigenvalue weighted by atomic mass is 14.4. The van der Waals surface area contributed by atoms with Crippen LogP contribution in [0.1, 0.15) is 88.0 Å². The van der Waals surface area contributed by atoms with E-state index in [9.17, 15) is 0 Å². The van der Waals surface area contributed by atoms with Crippen LogP contribution in [0.3, 0.4) is 0 Å². The van der Waals surface area contributed by atoms with Crippen molar-refractivity contribution in [3.05, 3.63) is 12.2 Å². The van der Waals surface area contributed by atoms with Crippen molar-refractivity contribution >= 4 is 0 Å². The summed E-state index contributed by atoms with van der Waals surface area (Å²) >= 11 is 0. The van der Waals surface area contributed by atoms with Crippen LogP contribution in [0, 0.1) is 28.6 Å². The van der Waals surface area contributed by atoms with E-state index in [1.54, 1.807) is 0 Å². The van der Waals surface area contributed by atoms with Gasteiger partial charge in [-0.05, 0) is 54.8 Å². The Labute approximate surface area is 129 Å². The van der Waals surface area contributed by atoms with Crippen LogP contribution >= 0.6 is 0 Å². The molecule has 0 aromatic rings. The molecule has 0 aromatic heterocycles. The highest BCUT2D eigenvalue weighted by Crippen LogP contribution is 2.45. The summed E-state index contributed by atoms with van der Waals surface area (Å²) in [6.07, 6.45) is 9.93. The Bertz CT molecular complexity index is 286. The van der Waals surface area contributed by atoms with Gasteiger partial charge in [0.05, 0.1) is 0 Å². The predicted octanol–water partition coefficient (Wildman–Crippen LogP) is 7.10. The highest BCUT2D eigenvalue weighted by Gasteiger charge is 2.34. The Morgan fingerprint density at radius 1 is 0.900 bits per heavy atom. The summed E-state index contributed by atoms with van der Waals surface area (Å²) in [7, 11) is 0. The molecule has 0 saturated carbocycles. The number of rotatable bonds is 9. The Kier molecular flexibility index (Phi) is 8.14. The zero-order valence-electron chi connectivity index (χ0n) is 15.7. The van der Waals surface area contributed by atoms with Gasteiger partial charge < -0.3 is 0 Å². The van der Waals surface area contributed by atoms with Crippen molar-refractivity contribution in [1.29, 1.82) is 0 Å². The molecule has 0 aliphatic rings. The van der Waals surface area contributed by atoms with Crippen LogP contribution in [0.2, 0.25) is 0 Å². The molecule has 3 unspecified atom stereocenters. The number of hydrogen-bond acceptors (Lipinski definition) is 0. The molecule has 0 radical (unpaired) electrons. The van der Waals surface area contributed by atoms with E-state index in [0.29, 0.717) is 16.7 Å². The zero-order valence-corrected chi connectivity index (χ0v) is 15.7. The molecule has 0 fully saturated rings. The van der Waals surface area contributed by atoms with Gasteiger partial charge in [0.2, 0.25) is 0 Å². The Morgan fingerprint density at radius 2 is 1.40 bits per heavy atom. The quantitative estimate of drug-likeness (QED) is 0.395. The summed E-state index contributed by atoms with van der Waals surface area (Å²) in [5.41, 5.74) is 0.930. The second-order valence-corrected chi connectivity index (χ2v) is 8.23. The van der Waals surface area contributed by atoms with E-state index in [-0.39, 0.29) is 0 Å². The lowest BCUT2D eigenvalue weighted by Gasteiger charge is -2.41. The molecule has 0 heterocycles. The van der Waals surface area contributed by atoms with Crippen molar-refractivity contribution < 1.29 is 0 Å². The third kappa shape index (κ3) is 5.62. The van der Waals surface area contributed by atoms with Crippen molar-refractivity contribution in [2.45, 2.75) is 88.0 Å². The van der Waals surface area contributed by atoms with Crippen molar-refractivity contribution in [1.82, 2.24) is 0 Å². The fraction of sp³-hybridized carbons (Fsp3) is 0.900. The van der Waals surface area contributed by atoms with Gasteiger partial charge in [0.25, 0.3) is 0 Å². The summed E-state index contributed by atoms with van der Waals surface area (Å²) in [6, 6.07) is 0. The third-order valence-electron chi connectivity index (χ3n) is 5.92. The Balaban J connectivity index is 4.90. The first-order valence-corrected chi connectivity index (χ1v) is 8.74. The first-order valence-electron chi connectivity index (χ1n) is 8.74. The molecule has 120 valence electrons. The summed E-state index contributed by atoms with van der Waals surface area (Å²) in [4.78, 5) is 0. The van der Waals surface area contributed by atoms with Crippen molar-refractivity contribution in [2.75, 3.05) is 0 Å². The summed E-state index contributed by atoms with van der Waals surface area (Å²) < 4.78 is 0. The van der Waals surface area contributed by atoms with Gasteiger partial charge in [-0.3, -0.25) is 0 Å². The molecule has 0 heteroatoms. The van der Waals surface area contributed by atoms with Gasteiger partial charge >= 0.3 is 0 Å². The molecule has 0 nitrogen and oxygen atoms in total. The SMILES string of the molecule is CC=CC(C)C(C)(CC)CCC(C)(CC(C)C)C(C)C. The second-order valence-electron chi connectivity index (χ2n) is 8.23. The van der Waals surface area contributed by atoms with Crippen LogP contribution in [-0.2, 0) is 0 Å². The second kappa shape index (κ2) is 8.25. The fourth-order valence-corrected chi connectivity index (χ4v) is 3.38. The molecule has 0 rings (SSSR count). The molecule has 0 bridgehead atoms. The fourth-order valence-electron chi connectivity index (χ4n) is 3.38. The normalized spacial score (nSPS) is 20.4. The molecule has 20 heavy (non-hydrogen) atoms. The topological polar surface area (TPSA) is 0 Å². The molecule has 0 spiro atoms. The molecule has 3 atom stereocenters. The van der Waals surface area contributed by atoms with Crippen molar-refractivity contribution in [3.63, 3.8) is 0 Å². The lowest BCUT2D eigenvalue weighted by molar-refractivity contribution is 0.106. The lowest BCUT2D eigenvalue weighted by Crippen LogP contribution is -2.30. The van der Waals surface area contributed by atoms with Gasteiger partial charge in [0.1, 0.15) is 0 Å². The van der Waals surface area contributed by atoms with E-state index in [2.05, 4.69) is 74.5 Å². The van der Waals surface area contributed by atoms with Crippen LogP contribution in [-0.4, -0.2) is 0 Å². The van der Waals surface area contributed by atoms with Crippen LogP contribution < -0.4 is 0 Å². The van der Waals surface area contributed by atoms with Crippen molar-refractivity contribution in [2.24, 2.45) is 28.6 Å². The maximum atomic E-state index is 2.51. The van der Waals surface area contributed by atoms with Gasteiger partial charge in [-0.2, -0.15) is 0 Å². The maximum Gasteiger partial charge on any atom is -0.0208 e. The molecular formula is C20H40. The minimum absolute atomic E-state index is 0.444. The number of hydrogen-bond donors (Lipinski definition) is 0. The van der Waals surface area contributed by atoms with Crippen molar-refractivity contribution in [3.8, 4) is 0 Å². The molecule has 0 saturated heterocycles. The van der Waals surface area contributed by atoms with Gasteiger partial charge in [0, 0.05) is 0 Å². The smallest absolute Gasteiger partial charge is 0.0208 e. The Morgan fingerprint density at radius 3 is 1.75 bits per heavy atom. The van der Waals surface area contributed by atoms with E-state index in [1.807, 2.05) is 0 Å². The van der Waals surface area contributed by atoms with Crippen LogP contribution in [0.5, 0.6) is 0 Å². The standard InChI is InChI=1S/C20H40/c1-10-12-18(7)19(8,11-2)13-14-20(9,17(5)6)15-16(3)4/h10,12,16-18H,11,13-15H2,1-9H3. The monoisotopic (exact) mass is 280 g/mol. The molecule has 0 N–H and O–H groups in total. The van der Waals surface area contributed by atoms with E-state index in [1.165, 1.54) is 25.7 Å². The lowest BCUT2D eigenvalue weighted by atomic mass is 9.64. The number of allylic oxidation sites excluding steroid dienone is 2. The van der Waals surface area contributed by atoms with Gasteiger partial charge in [-0.25, -0.2) is 0 Å². The largest absolute Gasteiger partial charge is 0.0914 e. The predicted molar refractivity (Wildman–Crippen MR) is 94.0 cm³/mol. The molecule has 0 aliphatic heterocycles. The van der Waals surface area contributed by atoms with E-state index in [4.69, 9.17) is 0 Å². The first kappa shape index (κ1) is 19.7. The van der Waals surface area contributed by atoms with E-state index in [0.717, 1.165) is 11.8 Å².